The van der Waals surface area contributed by atoms with E-state index in [0.717, 1.165) is 9.35 Å². The fourth-order valence-corrected chi connectivity index (χ4v) is 3.52. The summed E-state index contributed by atoms with van der Waals surface area (Å²) in [6, 6.07) is 6.49. The molecular weight excluding hydrogens is 339 g/mol. The van der Waals surface area contributed by atoms with Crippen LogP contribution in [0.2, 0.25) is 5.02 Å². The monoisotopic (exact) mass is 348 g/mol. The van der Waals surface area contributed by atoms with E-state index < -0.39 is 5.82 Å². The molecule has 18 heavy (non-hydrogen) atoms. The first-order chi connectivity index (χ1) is 8.63. The molecule has 0 aliphatic rings. The number of hydrogen-bond acceptors (Lipinski definition) is 3. The number of benzene rings is 1. The summed E-state index contributed by atoms with van der Waals surface area (Å²) in [5.74, 6) is 5.12. The van der Waals surface area contributed by atoms with E-state index in [9.17, 15) is 4.39 Å². The van der Waals surface area contributed by atoms with Gasteiger partial charge in [-0.15, -0.1) is 11.3 Å². The minimum absolute atomic E-state index is 0.119. The first kappa shape index (κ1) is 14.0. The molecular formula is C12H11BrClFN2S. The topological polar surface area (TPSA) is 38.0 Å². The molecule has 96 valence electrons. The van der Waals surface area contributed by atoms with Gasteiger partial charge < -0.3 is 0 Å². The lowest BCUT2D eigenvalue weighted by atomic mass is 10.0. The highest BCUT2D eigenvalue weighted by atomic mass is 79.9. The number of nitrogens with two attached hydrogens (primary N) is 1. The molecule has 0 radical (unpaired) electrons. The quantitative estimate of drug-likeness (QED) is 0.645. The van der Waals surface area contributed by atoms with Crippen LogP contribution in [0.15, 0.2) is 34.1 Å². The van der Waals surface area contributed by atoms with Crippen molar-refractivity contribution in [2.45, 2.75) is 12.5 Å². The van der Waals surface area contributed by atoms with E-state index in [2.05, 4.69) is 21.4 Å². The summed E-state index contributed by atoms with van der Waals surface area (Å²) in [4.78, 5) is 1.14. The predicted octanol–water partition coefficient (Wildman–Crippen LogP) is 4.05. The van der Waals surface area contributed by atoms with Gasteiger partial charge in [0.2, 0.25) is 0 Å². The lowest BCUT2D eigenvalue weighted by Gasteiger charge is -2.17. The zero-order valence-electron chi connectivity index (χ0n) is 9.29. The molecule has 0 saturated heterocycles. The molecule has 1 aromatic heterocycles. The fraction of sp³-hybridized carbons (Fsp3) is 0.167. The third-order valence-electron chi connectivity index (χ3n) is 2.64. The second-order valence-corrected chi connectivity index (χ2v) is 5.99. The Bertz CT molecular complexity index is 547. The van der Waals surface area contributed by atoms with E-state index in [4.69, 9.17) is 17.4 Å². The maximum atomic E-state index is 13.4. The molecule has 0 aliphatic heterocycles. The average molecular weight is 350 g/mol. The molecule has 0 spiro atoms. The van der Waals surface area contributed by atoms with E-state index in [1.807, 2.05) is 11.4 Å². The maximum absolute atomic E-state index is 13.4. The zero-order chi connectivity index (χ0) is 13.1. The Morgan fingerprint density at radius 2 is 2.22 bits per heavy atom. The zero-order valence-corrected chi connectivity index (χ0v) is 12.4. The van der Waals surface area contributed by atoms with Crippen molar-refractivity contribution < 1.29 is 4.39 Å². The number of rotatable bonds is 4. The highest BCUT2D eigenvalue weighted by Crippen LogP contribution is 2.31. The Hall–Kier alpha value is -0.460. The molecule has 0 bridgehead atoms. The summed E-state index contributed by atoms with van der Waals surface area (Å²) >= 11 is 11.1. The van der Waals surface area contributed by atoms with Crippen molar-refractivity contribution in [3.63, 3.8) is 0 Å². The van der Waals surface area contributed by atoms with Gasteiger partial charge in [-0.1, -0.05) is 23.7 Å². The Balaban J connectivity index is 2.29. The number of halogens is 3. The third kappa shape index (κ3) is 2.92. The highest BCUT2D eigenvalue weighted by molar-refractivity contribution is 9.10. The Morgan fingerprint density at radius 1 is 1.44 bits per heavy atom. The van der Waals surface area contributed by atoms with Crippen molar-refractivity contribution in [1.29, 1.82) is 0 Å². The van der Waals surface area contributed by atoms with Gasteiger partial charge in [0.15, 0.2) is 0 Å². The van der Waals surface area contributed by atoms with E-state index >= 15 is 0 Å². The standard InChI is InChI=1S/C12H11BrClFN2S/c13-8-4-5-18-11(8)6-10(17-16)7-2-1-3-9(15)12(7)14/h1-5,10,17H,6,16H2. The fourth-order valence-electron chi connectivity index (χ4n) is 1.70. The van der Waals surface area contributed by atoms with Gasteiger partial charge in [0.05, 0.1) is 11.1 Å². The average Bonchev–Trinajstić information content (AvgIpc) is 2.76. The van der Waals surface area contributed by atoms with Crippen molar-refractivity contribution in [3.8, 4) is 0 Å². The van der Waals surface area contributed by atoms with Crippen LogP contribution in [0.5, 0.6) is 0 Å². The van der Waals surface area contributed by atoms with Crippen LogP contribution >= 0.6 is 38.9 Å². The molecule has 0 saturated carbocycles. The summed E-state index contributed by atoms with van der Waals surface area (Å²) in [5.41, 5.74) is 3.35. The van der Waals surface area contributed by atoms with Crippen LogP contribution in [-0.2, 0) is 6.42 Å². The van der Waals surface area contributed by atoms with Crippen LogP contribution in [0.3, 0.4) is 0 Å². The normalized spacial score (nSPS) is 12.7. The first-order valence-corrected chi connectivity index (χ1v) is 7.30. The first-order valence-electron chi connectivity index (χ1n) is 5.25. The molecule has 0 fully saturated rings. The summed E-state index contributed by atoms with van der Waals surface area (Å²) in [6.07, 6.45) is 0.651. The molecule has 1 heterocycles. The van der Waals surface area contributed by atoms with Gasteiger partial charge in [-0.25, -0.2) is 4.39 Å². The number of thiophene rings is 1. The predicted molar refractivity (Wildman–Crippen MR) is 77.2 cm³/mol. The van der Waals surface area contributed by atoms with Gasteiger partial charge in [0, 0.05) is 15.8 Å². The van der Waals surface area contributed by atoms with Crippen LogP contribution < -0.4 is 11.3 Å². The van der Waals surface area contributed by atoms with E-state index in [1.54, 1.807) is 23.5 Å². The van der Waals surface area contributed by atoms with E-state index in [1.165, 1.54) is 6.07 Å². The van der Waals surface area contributed by atoms with Crippen molar-refractivity contribution in [2.75, 3.05) is 0 Å². The molecule has 1 atom stereocenters. The molecule has 1 unspecified atom stereocenters. The Kier molecular flexibility index (Phi) is 4.75. The smallest absolute Gasteiger partial charge is 0.142 e. The molecule has 3 N–H and O–H groups in total. The molecule has 0 aliphatic carbocycles. The van der Waals surface area contributed by atoms with E-state index in [0.29, 0.717) is 12.0 Å². The lowest BCUT2D eigenvalue weighted by Crippen LogP contribution is -2.29. The molecule has 2 nitrogen and oxygen atoms in total. The SMILES string of the molecule is NNC(Cc1sccc1Br)c1cccc(F)c1Cl. The second kappa shape index (κ2) is 6.12. The number of hydrazine groups is 1. The van der Waals surface area contributed by atoms with Crippen LogP contribution in [0.25, 0.3) is 0 Å². The van der Waals surface area contributed by atoms with Crippen molar-refractivity contribution in [3.05, 3.63) is 55.4 Å². The van der Waals surface area contributed by atoms with Gasteiger partial charge in [0.25, 0.3) is 0 Å². The third-order valence-corrected chi connectivity index (χ3v) is 4.99. The van der Waals surface area contributed by atoms with E-state index in [-0.39, 0.29) is 11.1 Å². The highest BCUT2D eigenvalue weighted by Gasteiger charge is 2.17. The Labute approximate surface area is 122 Å². The lowest BCUT2D eigenvalue weighted by molar-refractivity contribution is 0.547. The van der Waals surface area contributed by atoms with Gasteiger partial charge in [0.1, 0.15) is 5.82 Å². The van der Waals surface area contributed by atoms with Crippen LogP contribution in [0, 0.1) is 5.82 Å². The maximum Gasteiger partial charge on any atom is 0.142 e. The summed E-state index contributed by atoms with van der Waals surface area (Å²) in [5, 5.41) is 2.10. The van der Waals surface area contributed by atoms with Crippen LogP contribution in [0.1, 0.15) is 16.5 Å². The minimum Gasteiger partial charge on any atom is -0.271 e. The molecule has 6 heteroatoms. The van der Waals surface area contributed by atoms with Crippen molar-refractivity contribution >= 4 is 38.9 Å². The summed E-state index contributed by atoms with van der Waals surface area (Å²) in [7, 11) is 0. The Morgan fingerprint density at radius 3 is 2.83 bits per heavy atom. The van der Waals surface area contributed by atoms with Crippen LogP contribution in [-0.4, -0.2) is 0 Å². The molecule has 0 amide bonds. The van der Waals surface area contributed by atoms with Gasteiger partial charge in [-0.05, 0) is 39.0 Å². The van der Waals surface area contributed by atoms with Crippen molar-refractivity contribution in [2.24, 2.45) is 5.84 Å². The molecule has 2 rings (SSSR count). The van der Waals surface area contributed by atoms with Crippen molar-refractivity contribution in [1.82, 2.24) is 5.43 Å². The second-order valence-electron chi connectivity index (χ2n) is 3.76. The number of hydrogen-bond donors (Lipinski definition) is 2. The van der Waals surface area contributed by atoms with Crippen LogP contribution in [0.4, 0.5) is 4.39 Å². The molecule has 1 aromatic carbocycles. The largest absolute Gasteiger partial charge is 0.271 e. The van der Waals surface area contributed by atoms with Gasteiger partial charge >= 0.3 is 0 Å². The summed E-state index contributed by atoms with van der Waals surface area (Å²) in [6.45, 7) is 0. The minimum atomic E-state index is -0.431. The summed E-state index contributed by atoms with van der Waals surface area (Å²) < 4.78 is 14.5. The number of nitrogens with one attached hydrogen (secondary N) is 1. The van der Waals surface area contributed by atoms with Gasteiger partial charge in [-0.2, -0.15) is 0 Å². The van der Waals surface area contributed by atoms with Gasteiger partial charge in [-0.3, -0.25) is 11.3 Å². The molecule has 2 aromatic rings.